The van der Waals surface area contributed by atoms with Gasteiger partial charge >= 0.3 is 0 Å². The fourth-order valence-electron chi connectivity index (χ4n) is 2.27. The normalized spacial score (nSPS) is 28.3. The zero-order valence-corrected chi connectivity index (χ0v) is 10.9. The molecule has 0 fully saturated rings. The number of hydrogen-bond acceptors (Lipinski definition) is 1. The number of rotatable bonds is 0. The maximum atomic E-state index is 12.4. The second-order valence-electron chi connectivity index (χ2n) is 6.83. The third kappa shape index (κ3) is 2.70. The van der Waals surface area contributed by atoms with Crippen molar-refractivity contribution in [3.8, 4) is 0 Å². The Bertz CT molecular complexity index is 273. The predicted molar refractivity (Wildman–Crippen MR) is 64.7 cm³/mol. The first-order valence-electron chi connectivity index (χ1n) is 5.84. The third-order valence-electron chi connectivity index (χ3n) is 3.33. The van der Waals surface area contributed by atoms with Gasteiger partial charge in [-0.05, 0) is 17.3 Å². The van der Waals surface area contributed by atoms with Gasteiger partial charge in [0.1, 0.15) is 5.78 Å². The monoisotopic (exact) mass is 208 g/mol. The summed E-state index contributed by atoms with van der Waals surface area (Å²) in [6, 6.07) is 0. The Morgan fingerprint density at radius 1 is 1.07 bits per heavy atom. The molecule has 0 bridgehead atoms. The summed E-state index contributed by atoms with van der Waals surface area (Å²) in [5.41, 5.74) is 0.142. The van der Waals surface area contributed by atoms with Crippen molar-refractivity contribution in [2.75, 3.05) is 0 Å². The predicted octanol–water partition coefficient (Wildman–Crippen LogP) is 3.84. The molecule has 1 aliphatic carbocycles. The molecule has 0 aromatic heterocycles. The Hall–Kier alpha value is -0.590. The Balaban J connectivity index is 2.95. The minimum atomic E-state index is 0.0531. The van der Waals surface area contributed by atoms with Gasteiger partial charge in [0.2, 0.25) is 0 Å². The Kier molecular flexibility index (Phi) is 3.14. The minimum absolute atomic E-state index is 0.0531. The van der Waals surface area contributed by atoms with Crippen molar-refractivity contribution < 1.29 is 4.79 Å². The molecule has 0 amide bonds. The van der Waals surface area contributed by atoms with Crippen LogP contribution in [0.5, 0.6) is 0 Å². The van der Waals surface area contributed by atoms with E-state index in [1.165, 1.54) is 0 Å². The lowest BCUT2D eigenvalue weighted by Crippen LogP contribution is -2.39. The second-order valence-corrected chi connectivity index (χ2v) is 6.83. The number of Topliss-reactive ketones (excluding diaryl/α,β-unsaturated/α-hetero) is 1. The smallest absolute Gasteiger partial charge is 0.144 e. The van der Waals surface area contributed by atoms with Gasteiger partial charge in [-0.2, -0.15) is 0 Å². The molecule has 1 nitrogen and oxygen atoms in total. The van der Waals surface area contributed by atoms with Gasteiger partial charge in [-0.15, -0.1) is 0 Å². The van der Waals surface area contributed by atoms with Crippen LogP contribution in [0.25, 0.3) is 0 Å². The number of carbonyl (C=O) groups excluding carboxylic acids is 1. The van der Waals surface area contributed by atoms with Crippen molar-refractivity contribution in [3.05, 3.63) is 12.2 Å². The largest absolute Gasteiger partial charge is 0.299 e. The molecule has 1 heteroatoms. The average molecular weight is 208 g/mol. The van der Waals surface area contributed by atoms with Gasteiger partial charge in [0.15, 0.2) is 0 Å². The van der Waals surface area contributed by atoms with Crippen molar-refractivity contribution in [1.29, 1.82) is 0 Å². The number of allylic oxidation sites excluding steroid dienone is 2. The van der Waals surface area contributed by atoms with Crippen LogP contribution >= 0.6 is 0 Å². The van der Waals surface area contributed by atoms with Crippen molar-refractivity contribution in [2.24, 2.45) is 22.7 Å². The summed E-state index contributed by atoms with van der Waals surface area (Å²) in [6.45, 7) is 12.9. The van der Waals surface area contributed by atoms with Crippen LogP contribution in [-0.4, -0.2) is 5.78 Å². The van der Waals surface area contributed by atoms with E-state index in [0.29, 0.717) is 5.78 Å². The van der Waals surface area contributed by atoms with Crippen LogP contribution < -0.4 is 0 Å². The van der Waals surface area contributed by atoms with Gasteiger partial charge in [0.25, 0.3) is 0 Å². The minimum Gasteiger partial charge on any atom is -0.299 e. The Morgan fingerprint density at radius 2 is 1.60 bits per heavy atom. The molecular weight excluding hydrogens is 184 g/mol. The fourth-order valence-corrected chi connectivity index (χ4v) is 2.27. The van der Waals surface area contributed by atoms with E-state index in [0.717, 1.165) is 6.42 Å². The summed E-state index contributed by atoms with van der Waals surface area (Å²) < 4.78 is 0. The van der Waals surface area contributed by atoms with Gasteiger partial charge in [-0.25, -0.2) is 0 Å². The highest BCUT2D eigenvalue weighted by Gasteiger charge is 2.40. The van der Waals surface area contributed by atoms with E-state index in [9.17, 15) is 4.79 Å². The molecule has 0 N–H and O–H groups in total. The standard InChI is InChI=1S/C14H24O/c1-13(2,3)10-8-7-9-11(12(10)15)14(4,5)6/h7-8,10-11H,9H2,1-6H3. The lowest BCUT2D eigenvalue weighted by molar-refractivity contribution is -0.132. The first kappa shape index (κ1) is 12.5. The van der Waals surface area contributed by atoms with E-state index >= 15 is 0 Å². The van der Waals surface area contributed by atoms with E-state index in [1.54, 1.807) is 0 Å². The summed E-state index contributed by atoms with van der Waals surface area (Å²) in [5, 5.41) is 0. The van der Waals surface area contributed by atoms with Crippen LogP contribution in [0.4, 0.5) is 0 Å². The second kappa shape index (κ2) is 3.77. The van der Waals surface area contributed by atoms with Gasteiger partial charge in [0.05, 0.1) is 0 Å². The van der Waals surface area contributed by atoms with E-state index in [-0.39, 0.29) is 22.7 Å². The van der Waals surface area contributed by atoms with Crippen LogP contribution in [0, 0.1) is 22.7 Å². The molecule has 2 unspecified atom stereocenters. The van der Waals surface area contributed by atoms with Crippen molar-refractivity contribution in [3.63, 3.8) is 0 Å². The molecule has 0 heterocycles. The first-order chi connectivity index (χ1) is 6.64. The van der Waals surface area contributed by atoms with Crippen LogP contribution in [0.3, 0.4) is 0 Å². The highest BCUT2D eigenvalue weighted by Crippen LogP contribution is 2.40. The highest BCUT2D eigenvalue weighted by atomic mass is 16.1. The molecule has 0 aliphatic heterocycles. The molecule has 2 atom stereocenters. The number of carbonyl (C=O) groups is 1. The van der Waals surface area contributed by atoms with Crippen molar-refractivity contribution in [1.82, 2.24) is 0 Å². The van der Waals surface area contributed by atoms with Gasteiger partial charge in [-0.3, -0.25) is 4.79 Å². The molecule has 0 saturated carbocycles. The fraction of sp³-hybridized carbons (Fsp3) is 0.786. The molecule has 15 heavy (non-hydrogen) atoms. The third-order valence-corrected chi connectivity index (χ3v) is 3.33. The highest BCUT2D eigenvalue weighted by molar-refractivity contribution is 5.87. The van der Waals surface area contributed by atoms with E-state index in [4.69, 9.17) is 0 Å². The Labute approximate surface area is 93.9 Å². The molecule has 0 spiro atoms. The summed E-state index contributed by atoms with van der Waals surface area (Å²) in [6.07, 6.45) is 5.20. The average Bonchev–Trinajstić information content (AvgIpc) is 1.99. The lowest BCUT2D eigenvalue weighted by atomic mass is 9.65. The maximum Gasteiger partial charge on any atom is 0.144 e. The molecule has 86 valence electrons. The van der Waals surface area contributed by atoms with Crippen molar-refractivity contribution in [2.45, 2.75) is 48.0 Å². The van der Waals surface area contributed by atoms with Gasteiger partial charge < -0.3 is 0 Å². The summed E-state index contributed by atoms with van der Waals surface area (Å²) in [5.74, 6) is 0.708. The zero-order valence-electron chi connectivity index (χ0n) is 10.9. The van der Waals surface area contributed by atoms with Gasteiger partial charge in [-0.1, -0.05) is 53.7 Å². The summed E-state index contributed by atoms with van der Waals surface area (Å²) >= 11 is 0. The van der Waals surface area contributed by atoms with Crippen LogP contribution in [0.2, 0.25) is 0 Å². The maximum absolute atomic E-state index is 12.4. The number of hydrogen-bond donors (Lipinski definition) is 0. The lowest BCUT2D eigenvalue weighted by Gasteiger charge is -2.38. The molecule has 1 rings (SSSR count). The molecule has 1 aliphatic rings. The van der Waals surface area contributed by atoms with Crippen LogP contribution in [0.1, 0.15) is 48.0 Å². The SMILES string of the molecule is CC(C)(C)C1C=CCC(C(C)(C)C)C1=O. The first-order valence-corrected chi connectivity index (χ1v) is 5.84. The molecule has 0 radical (unpaired) electrons. The molecule has 0 aromatic carbocycles. The quantitative estimate of drug-likeness (QED) is 0.553. The van der Waals surface area contributed by atoms with Gasteiger partial charge in [0, 0.05) is 11.8 Å². The molecule has 0 saturated heterocycles. The van der Waals surface area contributed by atoms with E-state index in [1.807, 2.05) is 0 Å². The topological polar surface area (TPSA) is 17.1 Å². The summed E-state index contributed by atoms with van der Waals surface area (Å²) in [4.78, 5) is 12.4. The number of ketones is 1. The Morgan fingerprint density at radius 3 is 2.00 bits per heavy atom. The van der Waals surface area contributed by atoms with Crippen LogP contribution in [-0.2, 0) is 4.79 Å². The molecule has 0 aromatic rings. The van der Waals surface area contributed by atoms with Crippen LogP contribution in [0.15, 0.2) is 12.2 Å². The van der Waals surface area contributed by atoms with E-state index < -0.39 is 0 Å². The van der Waals surface area contributed by atoms with E-state index in [2.05, 4.69) is 53.7 Å². The molecular formula is C14H24O. The van der Waals surface area contributed by atoms with Crippen molar-refractivity contribution >= 4 is 5.78 Å². The zero-order chi connectivity index (χ0) is 11.9. The summed E-state index contributed by atoms with van der Waals surface area (Å²) in [7, 11) is 0.